The van der Waals surface area contributed by atoms with Crippen LogP contribution >= 0.6 is 27.7 Å². The Balaban J connectivity index is 2.73. The lowest BCUT2D eigenvalue weighted by Crippen LogP contribution is -2.41. The van der Waals surface area contributed by atoms with Gasteiger partial charge in [-0.2, -0.15) is 11.8 Å². The molecule has 1 N–H and O–H groups in total. The van der Waals surface area contributed by atoms with E-state index in [2.05, 4.69) is 21.2 Å². The van der Waals surface area contributed by atoms with Crippen molar-refractivity contribution in [1.82, 2.24) is 5.32 Å². The van der Waals surface area contributed by atoms with Crippen molar-refractivity contribution >= 4 is 39.4 Å². The normalized spacial score (nSPS) is 11.9. The molecule has 0 aromatic heterocycles. The topological polar surface area (TPSA) is 46.2 Å². The molecule has 0 heterocycles. The van der Waals surface area contributed by atoms with E-state index >= 15 is 0 Å². The van der Waals surface area contributed by atoms with Crippen molar-refractivity contribution in [2.45, 2.75) is 13.0 Å². The fourth-order valence-electron chi connectivity index (χ4n) is 1.30. The van der Waals surface area contributed by atoms with E-state index in [4.69, 9.17) is 0 Å². The predicted molar refractivity (Wildman–Crippen MR) is 74.5 cm³/mol. The van der Waals surface area contributed by atoms with Gasteiger partial charge >= 0.3 is 0 Å². The van der Waals surface area contributed by atoms with Crippen molar-refractivity contribution in [2.24, 2.45) is 0 Å². The number of Topliss-reactive ketones (excluding diaryl/α,β-unsaturated/α-hetero) is 1. The average molecular weight is 316 g/mol. The minimum absolute atomic E-state index is 0.0253. The molecule has 0 aliphatic rings. The van der Waals surface area contributed by atoms with Crippen molar-refractivity contribution in [3.63, 3.8) is 0 Å². The summed E-state index contributed by atoms with van der Waals surface area (Å²) in [6.07, 6.45) is 1.90. The van der Waals surface area contributed by atoms with Gasteiger partial charge in [0.2, 0.25) is 0 Å². The monoisotopic (exact) mass is 315 g/mol. The molecular weight excluding hydrogens is 302 g/mol. The van der Waals surface area contributed by atoms with Crippen molar-refractivity contribution in [2.75, 3.05) is 12.0 Å². The number of nitrogens with one attached hydrogen (secondary N) is 1. The SMILES string of the molecule is CSC[C@H](NC(=O)c1cccc(Br)c1)C(C)=O. The van der Waals surface area contributed by atoms with Gasteiger partial charge in [0.05, 0.1) is 6.04 Å². The summed E-state index contributed by atoms with van der Waals surface area (Å²) in [6, 6.07) is 6.66. The molecular formula is C12H14BrNO2S. The van der Waals surface area contributed by atoms with Gasteiger partial charge in [-0.15, -0.1) is 0 Å². The second-order valence-electron chi connectivity index (χ2n) is 3.60. The van der Waals surface area contributed by atoms with Crippen molar-refractivity contribution in [3.8, 4) is 0 Å². The van der Waals surface area contributed by atoms with Crippen LogP contribution in [0, 0.1) is 0 Å². The molecule has 0 spiro atoms. The van der Waals surface area contributed by atoms with Crippen LogP contribution in [-0.2, 0) is 4.79 Å². The lowest BCUT2D eigenvalue weighted by Gasteiger charge is -2.14. The first-order chi connectivity index (χ1) is 8.04. The summed E-state index contributed by atoms with van der Waals surface area (Å²) in [5, 5.41) is 2.73. The molecule has 3 nitrogen and oxygen atoms in total. The number of carbonyl (C=O) groups excluding carboxylic acids is 2. The third kappa shape index (κ3) is 4.52. The van der Waals surface area contributed by atoms with Crippen LogP contribution in [0.1, 0.15) is 17.3 Å². The molecule has 0 saturated carbocycles. The molecule has 0 radical (unpaired) electrons. The Morgan fingerprint density at radius 3 is 2.71 bits per heavy atom. The van der Waals surface area contributed by atoms with Gasteiger partial charge in [-0.05, 0) is 31.4 Å². The molecule has 1 aromatic carbocycles. The van der Waals surface area contributed by atoms with Gasteiger partial charge in [0.15, 0.2) is 5.78 Å². The molecule has 17 heavy (non-hydrogen) atoms. The number of hydrogen-bond acceptors (Lipinski definition) is 3. The van der Waals surface area contributed by atoms with E-state index in [0.717, 1.165) is 4.47 Å². The highest BCUT2D eigenvalue weighted by molar-refractivity contribution is 9.10. The van der Waals surface area contributed by atoms with E-state index in [1.807, 2.05) is 12.3 Å². The van der Waals surface area contributed by atoms with Crippen LogP contribution in [0.15, 0.2) is 28.7 Å². The lowest BCUT2D eigenvalue weighted by molar-refractivity contribution is -0.118. The zero-order chi connectivity index (χ0) is 12.8. The highest BCUT2D eigenvalue weighted by Crippen LogP contribution is 2.12. The molecule has 0 saturated heterocycles. The largest absolute Gasteiger partial charge is 0.341 e. The Labute approximate surface area is 113 Å². The summed E-state index contributed by atoms with van der Waals surface area (Å²) in [6.45, 7) is 1.49. The Hall–Kier alpha value is -0.810. The number of amides is 1. The van der Waals surface area contributed by atoms with Crippen LogP contribution in [0.2, 0.25) is 0 Å². The van der Waals surface area contributed by atoms with Gasteiger partial charge < -0.3 is 5.32 Å². The van der Waals surface area contributed by atoms with Crippen molar-refractivity contribution in [3.05, 3.63) is 34.3 Å². The molecule has 0 aliphatic heterocycles. The number of carbonyl (C=O) groups is 2. The van der Waals surface area contributed by atoms with E-state index in [9.17, 15) is 9.59 Å². The van der Waals surface area contributed by atoms with Gasteiger partial charge in [-0.1, -0.05) is 22.0 Å². The third-order valence-electron chi connectivity index (χ3n) is 2.22. The smallest absolute Gasteiger partial charge is 0.251 e. The minimum atomic E-state index is -0.420. The van der Waals surface area contributed by atoms with Crippen LogP contribution in [0.25, 0.3) is 0 Å². The number of rotatable bonds is 5. The van der Waals surface area contributed by atoms with Crippen LogP contribution in [0.5, 0.6) is 0 Å². The molecule has 1 amide bonds. The maximum atomic E-state index is 11.9. The summed E-state index contributed by atoms with van der Waals surface area (Å²) >= 11 is 4.84. The van der Waals surface area contributed by atoms with Gasteiger partial charge in [0.25, 0.3) is 5.91 Å². The number of halogens is 1. The summed E-state index contributed by atoms with van der Waals surface area (Å²) in [5.74, 6) is 0.345. The molecule has 1 rings (SSSR count). The Kier molecular flexibility index (Phi) is 5.71. The van der Waals surface area contributed by atoms with Crippen LogP contribution < -0.4 is 5.32 Å². The van der Waals surface area contributed by atoms with E-state index in [1.165, 1.54) is 18.7 Å². The fraction of sp³-hybridized carbons (Fsp3) is 0.333. The molecule has 0 unspecified atom stereocenters. The van der Waals surface area contributed by atoms with Crippen LogP contribution in [-0.4, -0.2) is 29.7 Å². The highest BCUT2D eigenvalue weighted by Gasteiger charge is 2.17. The summed E-state index contributed by atoms with van der Waals surface area (Å²) in [5.41, 5.74) is 0.548. The number of thioether (sulfide) groups is 1. The molecule has 5 heteroatoms. The number of ketones is 1. The maximum Gasteiger partial charge on any atom is 0.251 e. The maximum absolute atomic E-state index is 11.9. The van der Waals surface area contributed by atoms with E-state index in [0.29, 0.717) is 11.3 Å². The number of hydrogen-bond donors (Lipinski definition) is 1. The Bertz CT molecular complexity index is 423. The minimum Gasteiger partial charge on any atom is -0.341 e. The van der Waals surface area contributed by atoms with Gasteiger partial charge in [0, 0.05) is 15.8 Å². The number of benzene rings is 1. The zero-order valence-corrected chi connectivity index (χ0v) is 12.1. The second kappa shape index (κ2) is 6.81. The summed E-state index contributed by atoms with van der Waals surface area (Å²) < 4.78 is 0.842. The zero-order valence-electron chi connectivity index (χ0n) is 9.70. The molecule has 0 fully saturated rings. The molecule has 92 valence electrons. The summed E-state index contributed by atoms with van der Waals surface area (Å²) in [4.78, 5) is 23.2. The van der Waals surface area contributed by atoms with Crippen LogP contribution in [0.4, 0.5) is 0 Å². The van der Waals surface area contributed by atoms with E-state index < -0.39 is 6.04 Å². The standard InChI is InChI=1S/C12H14BrNO2S/c1-8(15)11(7-17-2)14-12(16)9-4-3-5-10(13)6-9/h3-6,11H,7H2,1-2H3,(H,14,16)/t11-/m0/s1. The molecule has 0 aliphatic carbocycles. The molecule has 0 bridgehead atoms. The predicted octanol–water partition coefficient (Wildman–Crippen LogP) is 2.50. The van der Waals surface area contributed by atoms with E-state index in [1.54, 1.807) is 18.2 Å². The Morgan fingerprint density at radius 2 is 2.18 bits per heavy atom. The first kappa shape index (κ1) is 14.3. The second-order valence-corrected chi connectivity index (χ2v) is 5.43. The fourth-order valence-corrected chi connectivity index (χ4v) is 2.35. The highest BCUT2D eigenvalue weighted by atomic mass is 79.9. The molecule has 1 atom stereocenters. The first-order valence-electron chi connectivity index (χ1n) is 5.10. The quantitative estimate of drug-likeness (QED) is 0.908. The van der Waals surface area contributed by atoms with Gasteiger partial charge in [-0.3, -0.25) is 9.59 Å². The van der Waals surface area contributed by atoms with Crippen molar-refractivity contribution in [1.29, 1.82) is 0 Å². The third-order valence-corrected chi connectivity index (χ3v) is 3.38. The van der Waals surface area contributed by atoms with Crippen LogP contribution in [0.3, 0.4) is 0 Å². The first-order valence-corrected chi connectivity index (χ1v) is 7.29. The summed E-state index contributed by atoms with van der Waals surface area (Å²) in [7, 11) is 0. The van der Waals surface area contributed by atoms with Gasteiger partial charge in [0.1, 0.15) is 0 Å². The van der Waals surface area contributed by atoms with E-state index in [-0.39, 0.29) is 11.7 Å². The van der Waals surface area contributed by atoms with Crippen molar-refractivity contribution < 1.29 is 9.59 Å². The lowest BCUT2D eigenvalue weighted by atomic mass is 10.2. The molecule has 1 aromatic rings. The average Bonchev–Trinajstić information content (AvgIpc) is 2.28. The van der Waals surface area contributed by atoms with Gasteiger partial charge in [-0.25, -0.2) is 0 Å². The Morgan fingerprint density at radius 1 is 1.47 bits per heavy atom.